The third kappa shape index (κ3) is 3.01. The number of oxazole rings is 1. The molecule has 8 heteroatoms. The smallest absolute Gasteiger partial charge is 0.416 e. The maximum atomic E-state index is 13.3. The molecule has 2 aromatic heterocycles. The number of rotatable bonds is 2. The molecule has 136 valence electrons. The highest BCUT2D eigenvalue weighted by Crippen LogP contribution is 2.38. The molecule has 1 unspecified atom stereocenters. The number of hydrogen-bond acceptors (Lipinski definition) is 5. The van der Waals surface area contributed by atoms with E-state index in [0.29, 0.717) is 23.8 Å². The molecule has 1 fully saturated rings. The number of aromatic nitrogens is 2. The highest BCUT2D eigenvalue weighted by molar-refractivity contribution is 5.91. The van der Waals surface area contributed by atoms with Gasteiger partial charge < -0.3 is 14.6 Å². The van der Waals surface area contributed by atoms with Gasteiger partial charge in [-0.25, -0.2) is 0 Å². The summed E-state index contributed by atoms with van der Waals surface area (Å²) in [5.74, 6) is 0. The fraction of sp³-hybridized carbons (Fsp3) is 0.333. The molecule has 1 aliphatic rings. The van der Waals surface area contributed by atoms with E-state index >= 15 is 0 Å². The van der Waals surface area contributed by atoms with Crippen molar-refractivity contribution in [2.45, 2.75) is 19.1 Å². The number of halogens is 3. The number of anilines is 1. The van der Waals surface area contributed by atoms with Crippen molar-refractivity contribution in [2.75, 3.05) is 24.5 Å². The molecule has 0 amide bonds. The van der Waals surface area contributed by atoms with Gasteiger partial charge in [0.15, 0.2) is 5.58 Å². The van der Waals surface area contributed by atoms with Gasteiger partial charge in [0.1, 0.15) is 5.52 Å². The van der Waals surface area contributed by atoms with Crippen LogP contribution in [0.3, 0.4) is 0 Å². The molecular weight excluding hydrogens is 345 g/mol. The summed E-state index contributed by atoms with van der Waals surface area (Å²) in [7, 11) is 0. The molecule has 1 saturated heterocycles. The Hall–Kier alpha value is -2.61. The number of pyridine rings is 1. The van der Waals surface area contributed by atoms with Gasteiger partial charge in [0.2, 0.25) is 0 Å². The van der Waals surface area contributed by atoms with Crippen LogP contribution in [0.1, 0.15) is 12.5 Å². The summed E-state index contributed by atoms with van der Waals surface area (Å²) in [5, 5.41) is 3.26. The van der Waals surface area contributed by atoms with Gasteiger partial charge in [-0.15, -0.1) is 0 Å². The Morgan fingerprint density at radius 1 is 1.27 bits per heavy atom. The molecule has 1 atom stereocenters. The van der Waals surface area contributed by atoms with E-state index in [4.69, 9.17) is 4.42 Å². The third-order valence-corrected chi connectivity index (χ3v) is 4.49. The first-order valence-electron chi connectivity index (χ1n) is 8.34. The predicted molar refractivity (Wildman–Crippen MR) is 91.9 cm³/mol. The second-order valence-electron chi connectivity index (χ2n) is 6.33. The average Bonchev–Trinajstić information content (AvgIpc) is 3.05. The third-order valence-electron chi connectivity index (χ3n) is 4.49. The highest BCUT2D eigenvalue weighted by Gasteiger charge is 2.33. The molecule has 5 nitrogen and oxygen atoms in total. The normalized spacial score (nSPS) is 18.5. The van der Waals surface area contributed by atoms with E-state index in [9.17, 15) is 13.2 Å². The van der Waals surface area contributed by atoms with Crippen LogP contribution in [-0.4, -0.2) is 35.6 Å². The second-order valence-corrected chi connectivity index (χ2v) is 6.33. The van der Waals surface area contributed by atoms with E-state index in [1.807, 2.05) is 11.8 Å². The van der Waals surface area contributed by atoms with Crippen molar-refractivity contribution >= 4 is 17.1 Å². The summed E-state index contributed by atoms with van der Waals surface area (Å²) in [4.78, 5) is 10.5. The first-order valence-corrected chi connectivity index (χ1v) is 8.34. The van der Waals surface area contributed by atoms with Crippen LogP contribution >= 0.6 is 0 Å². The fourth-order valence-corrected chi connectivity index (χ4v) is 3.15. The van der Waals surface area contributed by atoms with Crippen molar-refractivity contribution in [1.29, 1.82) is 0 Å². The minimum Gasteiger partial charge on any atom is -0.423 e. The quantitative estimate of drug-likeness (QED) is 0.753. The van der Waals surface area contributed by atoms with Crippen LogP contribution in [0.2, 0.25) is 0 Å². The van der Waals surface area contributed by atoms with Crippen molar-refractivity contribution in [1.82, 2.24) is 15.3 Å². The Balaban J connectivity index is 1.90. The summed E-state index contributed by atoms with van der Waals surface area (Å²) in [6.07, 6.45) is -2.93. The second kappa shape index (κ2) is 6.28. The monoisotopic (exact) mass is 362 g/mol. The molecule has 0 aliphatic carbocycles. The number of benzene rings is 1. The average molecular weight is 362 g/mol. The molecule has 3 heterocycles. The number of hydrogen-bond donors (Lipinski definition) is 1. The molecule has 1 aromatic carbocycles. The SMILES string of the molecule is CC1CNCCN1c1nc2cc(C(F)(F)F)cc(-c3ccccn3)c2o1. The van der Waals surface area contributed by atoms with E-state index < -0.39 is 11.7 Å². The zero-order valence-electron chi connectivity index (χ0n) is 14.0. The molecular formula is C18H17F3N4O. The lowest BCUT2D eigenvalue weighted by atomic mass is 10.1. The van der Waals surface area contributed by atoms with E-state index in [2.05, 4.69) is 15.3 Å². The van der Waals surface area contributed by atoms with Crippen LogP contribution in [0.25, 0.3) is 22.4 Å². The molecule has 4 rings (SSSR count). The molecule has 0 bridgehead atoms. The van der Waals surface area contributed by atoms with E-state index in [1.165, 1.54) is 6.20 Å². The van der Waals surface area contributed by atoms with Crippen LogP contribution in [0.4, 0.5) is 19.2 Å². The highest BCUT2D eigenvalue weighted by atomic mass is 19.4. The standard InChI is InChI=1S/C18H17F3N4O/c1-11-10-22-6-7-25(11)17-24-15-9-12(18(19,20)21)8-13(16(15)26-17)14-4-2-3-5-23-14/h2-5,8-9,11,22H,6-7,10H2,1H3. The summed E-state index contributed by atoms with van der Waals surface area (Å²) < 4.78 is 45.9. The van der Waals surface area contributed by atoms with Crippen molar-refractivity contribution < 1.29 is 17.6 Å². The largest absolute Gasteiger partial charge is 0.423 e. The molecule has 0 radical (unpaired) electrons. The molecule has 26 heavy (non-hydrogen) atoms. The Bertz CT molecular complexity index is 923. The lowest BCUT2D eigenvalue weighted by Crippen LogP contribution is -2.50. The van der Waals surface area contributed by atoms with Gasteiger partial charge in [-0.05, 0) is 31.2 Å². The number of fused-ring (bicyclic) bond motifs is 1. The first-order chi connectivity index (χ1) is 12.4. The van der Waals surface area contributed by atoms with E-state index in [0.717, 1.165) is 25.2 Å². The summed E-state index contributed by atoms with van der Waals surface area (Å²) >= 11 is 0. The Morgan fingerprint density at radius 2 is 2.12 bits per heavy atom. The molecule has 1 N–H and O–H groups in total. The van der Waals surface area contributed by atoms with Gasteiger partial charge in [0.25, 0.3) is 6.01 Å². The fourth-order valence-electron chi connectivity index (χ4n) is 3.15. The zero-order chi connectivity index (χ0) is 18.3. The number of nitrogens with zero attached hydrogens (tertiary/aromatic N) is 3. The lowest BCUT2D eigenvalue weighted by molar-refractivity contribution is -0.137. The van der Waals surface area contributed by atoms with Crippen LogP contribution < -0.4 is 10.2 Å². The Labute approximate surface area is 147 Å². The zero-order valence-corrected chi connectivity index (χ0v) is 14.0. The van der Waals surface area contributed by atoms with E-state index in [-0.39, 0.29) is 17.1 Å². The maximum absolute atomic E-state index is 13.3. The van der Waals surface area contributed by atoms with E-state index in [1.54, 1.807) is 18.2 Å². The van der Waals surface area contributed by atoms with Crippen LogP contribution in [0.5, 0.6) is 0 Å². The van der Waals surface area contributed by atoms with Crippen molar-refractivity contribution in [3.63, 3.8) is 0 Å². The Kier molecular flexibility index (Phi) is 4.07. The first kappa shape index (κ1) is 16.8. The van der Waals surface area contributed by atoms with Gasteiger partial charge in [-0.2, -0.15) is 18.2 Å². The topological polar surface area (TPSA) is 54.2 Å². The lowest BCUT2D eigenvalue weighted by Gasteiger charge is -2.32. The number of alkyl halides is 3. The molecule has 1 aliphatic heterocycles. The van der Waals surface area contributed by atoms with Crippen molar-refractivity contribution in [3.8, 4) is 11.3 Å². The summed E-state index contributed by atoms with van der Waals surface area (Å²) in [6, 6.07) is 7.67. The molecule has 3 aromatic rings. The van der Waals surface area contributed by atoms with Crippen molar-refractivity contribution in [3.05, 3.63) is 42.1 Å². The van der Waals surface area contributed by atoms with Crippen LogP contribution in [0.15, 0.2) is 40.9 Å². The number of piperazine rings is 1. The van der Waals surface area contributed by atoms with Gasteiger partial charge in [-0.3, -0.25) is 4.98 Å². The van der Waals surface area contributed by atoms with Gasteiger partial charge in [-0.1, -0.05) is 6.07 Å². The predicted octanol–water partition coefficient (Wildman–Crippen LogP) is 3.71. The van der Waals surface area contributed by atoms with Crippen LogP contribution in [-0.2, 0) is 6.18 Å². The summed E-state index contributed by atoms with van der Waals surface area (Å²) in [6.45, 7) is 4.23. The van der Waals surface area contributed by atoms with Gasteiger partial charge in [0.05, 0.1) is 11.3 Å². The maximum Gasteiger partial charge on any atom is 0.416 e. The minimum atomic E-state index is -4.47. The molecule has 0 spiro atoms. The minimum absolute atomic E-state index is 0.136. The molecule has 0 saturated carbocycles. The number of nitrogens with one attached hydrogen (secondary N) is 1. The van der Waals surface area contributed by atoms with Crippen LogP contribution in [0, 0.1) is 0 Å². The van der Waals surface area contributed by atoms with Gasteiger partial charge >= 0.3 is 6.18 Å². The van der Waals surface area contributed by atoms with Crippen molar-refractivity contribution in [2.24, 2.45) is 0 Å². The Morgan fingerprint density at radius 3 is 2.81 bits per heavy atom. The van der Waals surface area contributed by atoms with Gasteiger partial charge in [0, 0.05) is 37.4 Å². The summed E-state index contributed by atoms with van der Waals surface area (Å²) in [5.41, 5.74) is 0.439.